The number of carbonyl (C=O) groups is 1. The zero-order valence-electron chi connectivity index (χ0n) is 8.28. The molecule has 0 aromatic heterocycles. The maximum Gasteiger partial charge on any atom is 0.252 e. The number of halogens is 2. The maximum absolute atomic E-state index is 10.9. The number of benzene rings is 2. The molecule has 0 saturated carbocycles. The molecule has 2 aromatic rings. The van der Waals surface area contributed by atoms with E-state index in [1.165, 1.54) is 0 Å². The normalized spacial score (nSPS) is 10.1. The van der Waals surface area contributed by atoms with Gasteiger partial charge in [0, 0.05) is 10.0 Å². The van der Waals surface area contributed by atoms with Crippen molar-refractivity contribution in [2.45, 2.75) is 0 Å². The van der Waals surface area contributed by atoms with Crippen molar-refractivity contribution in [3.05, 3.63) is 58.6 Å². The minimum absolute atomic E-state index is 0.428. The highest BCUT2D eigenvalue weighted by molar-refractivity contribution is 9.10. The summed E-state index contributed by atoms with van der Waals surface area (Å²) < 4.78 is 1.05. The van der Waals surface area contributed by atoms with Crippen molar-refractivity contribution in [2.24, 2.45) is 0 Å². The van der Waals surface area contributed by atoms with Crippen LogP contribution in [0.4, 0.5) is 0 Å². The first-order valence-electron chi connectivity index (χ1n) is 4.72. The van der Waals surface area contributed by atoms with E-state index >= 15 is 0 Å². The Hall–Kier alpha value is -1.12. The molecule has 0 N–H and O–H groups in total. The van der Waals surface area contributed by atoms with Crippen molar-refractivity contribution in [2.75, 3.05) is 0 Å². The smallest absolute Gasteiger partial charge is 0.252 e. The van der Waals surface area contributed by atoms with Crippen molar-refractivity contribution < 1.29 is 4.79 Å². The van der Waals surface area contributed by atoms with Crippen LogP contribution in [0.25, 0.3) is 11.1 Å². The molecule has 0 saturated heterocycles. The lowest BCUT2D eigenvalue weighted by atomic mass is 10.0. The van der Waals surface area contributed by atoms with Crippen LogP contribution in [-0.2, 0) is 0 Å². The predicted molar refractivity (Wildman–Crippen MR) is 69.8 cm³/mol. The Morgan fingerprint density at radius 1 is 0.875 bits per heavy atom. The molecular weight excluding hydrogens is 287 g/mol. The van der Waals surface area contributed by atoms with Gasteiger partial charge in [-0.3, -0.25) is 4.79 Å². The largest absolute Gasteiger partial charge is 0.276 e. The Labute approximate surface area is 107 Å². The SMILES string of the molecule is O=C(Cl)c1ccc(-c2ccc(Br)cc2)cc1. The fourth-order valence-electron chi connectivity index (χ4n) is 1.44. The molecule has 2 rings (SSSR count). The van der Waals surface area contributed by atoms with E-state index in [1.54, 1.807) is 12.1 Å². The number of hydrogen-bond acceptors (Lipinski definition) is 1. The highest BCUT2D eigenvalue weighted by atomic mass is 79.9. The van der Waals surface area contributed by atoms with Gasteiger partial charge in [0.1, 0.15) is 0 Å². The van der Waals surface area contributed by atoms with Gasteiger partial charge >= 0.3 is 0 Å². The van der Waals surface area contributed by atoms with Crippen LogP contribution in [-0.4, -0.2) is 5.24 Å². The molecule has 0 aliphatic rings. The quantitative estimate of drug-likeness (QED) is 0.746. The second kappa shape index (κ2) is 4.81. The minimum atomic E-state index is -0.428. The molecule has 0 amide bonds. The first-order chi connectivity index (χ1) is 7.66. The molecule has 0 aliphatic carbocycles. The number of carbonyl (C=O) groups excluding carboxylic acids is 1. The van der Waals surface area contributed by atoms with Crippen LogP contribution in [0.1, 0.15) is 10.4 Å². The highest BCUT2D eigenvalue weighted by Gasteiger charge is 2.02. The van der Waals surface area contributed by atoms with Gasteiger partial charge in [-0.25, -0.2) is 0 Å². The fourth-order valence-corrected chi connectivity index (χ4v) is 1.83. The van der Waals surface area contributed by atoms with Crippen LogP contribution in [0.3, 0.4) is 0 Å². The summed E-state index contributed by atoms with van der Waals surface area (Å²) in [5.41, 5.74) is 2.69. The Morgan fingerprint density at radius 2 is 1.31 bits per heavy atom. The topological polar surface area (TPSA) is 17.1 Å². The van der Waals surface area contributed by atoms with Crippen molar-refractivity contribution >= 4 is 32.8 Å². The van der Waals surface area contributed by atoms with Gasteiger partial charge in [0.2, 0.25) is 0 Å². The first kappa shape index (κ1) is 11.4. The number of hydrogen-bond donors (Lipinski definition) is 0. The minimum Gasteiger partial charge on any atom is -0.276 e. The third kappa shape index (κ3) is 2.52. The van der Waals surface area contributed by atoms with E-state index in [9.17, 15) is 4.79 Å². The molecule has 0 spiro atoms. The average Bonchev–Trinajstić information content (AvgIpc) is 2.30. The average molecular weight is 296 g/mol. The molecule has 2 aromatic carbocycles. The summed E-state index contributed by atoms with van der Waals surface area (Å²) >= 11 is 8.76. The Balaban J connectivity index is 2.34. The lowest BCUT2D eigenvalue weighted by Gasteiger charge is -2.02. The standard InChI is InChI=1S/C13H8BrClO/c14-12-7-5-10(6-8-12)9-1-3-11(4-2-9)13(15)16/h1-8H. The van der Waals surface area contributed by atoms with Crippen LogP contribution < -0.4 is 0 Å². The third-order valence-electron chi connectivity index (χ3n) is 2.29. The van der Waals surface area contributed by atoms with Gasteiger partial charge in [0.25, 0.3) is 5.24 Å². The van der Waals surface area contributed by atoms with Crippen LogP contribution in [0.2, 0.25) is 0 Å². The molecule has 0 aliphatic heterocycles. The van der Waals surface area contributed by atoms with Crippen molar-refractivity contribution in [3.8, 4) is 11.1 Å². The van der Waals surface area contributed by atoms with Crippen LogP contribution in [0.15, 0.2) is 53.0 Å². The summed E-state index contributed by atoms with van der Waals surface area (Å²) in [7, 11) is 0. The lowest BCUT2D eigenvalue weighted by Crippen LogP contribution is -1.87. The second-order valence-electron chi connectivity index (χ2n) is 3.36. The van der Waals surface area contributed by atoms with Crippen molar-refractivity contribution in [1.29, 1.82) is 0 Å². The van der Waals surface area contributed by atoms with Crippen molar-refractivity contribution in [1.82, 2.24) is 0 Å². The predicted octanol–water partition coefficient (Wildman–Crippen LogP) is 4.50. The Morgan fingerprint density at radius 3 is 1.75 bits per heavy atom. The maximum atomic E-state index is 10.9. The summed E-state index contributed by atoms with van der Waals surface area (Å²) in [6.45, 7) is 0. The second-order valence-corrected chi connectivity index (χ2v) is 4.62. The molecule has 16 heavy (non-hydrogen) atoms. The van der Waals surface area contributed by atoms with E-state index in [4.69, 9.17) is 11.6 Å². The number of rotatable bonds is 2. The molecule has 1 nitrogen and oxygen atoms in total. The molecular formula is C13H8BrClO. The molecule has 80 valence electrons. The van der Waals surface area contributed by atoms with Crippen LogP contribution >= 0.6 is 27.5 Å². The molecule has 0 bridgehead atoms. The zero-order chi connectivity index (χ0) is 11.5. The van der Waals surface area contributed by atoms with Crippen LogP contribution in [0, 0.1) is 0 Å². The summed E-state index contributed by atoms with van der Waals surface area (Å²) in [4.78, 5) is 10.9. The fraction of sp³-hybridized carbons (Fsp3) is 0. The van der Waals surface area contributed by atoms with E-state index < -0.39 is 5.24 Å². The van der Waals surface area contributed by atoms with E-state index in [1.807, 2.05) is 36.4 Å². The van der Waals surface area contributed by atoms with Gasteiger partial charge < -0.3 is 0 Å². The van der Waals surface area contributed by atoms with Gasteiger partial charge in [0.15, 0.2) is 0 Å². The summed E-state index contributed by atoms with van der Waals surface area (Å²) in [6.07, 6.45) is 0. The molecule has 0 radical (unpaired) electrons. The van der Waals surface area contributed by atoms with Crippen molar-refractivity contribution in [3.63, 3.8) is 0 Å². The van der Waals surface area contributed by atoms with Crippen LogP contribution in [0.5, 0.6) is 0 Å². The monoisotopic (exact) mass is 294 g/mol. The van der Waals surface area contributed by atoms with Gasteiger partial charge in [-0.2, -0.15) is 0 Å². The Kier molecular flexibility index (Phi) is 3.42. The van der Waals surface area contributed by atoms with E-state index in [0.717, 1.165) is 15.6 Å². The summed E-state index contributed by atoms with van der Waals surface area (Å²) in [5.74, 6) is 0. The van der Waals surface area contributed by atoms with Gasteiger partial charge in [0.05, 0.1) is 0 Å². The molecule has 0 atom stereocenters. The van der Waals surface area contributed by atoms with E-state index in [0.29, 0.717) is 5.56 Å². The lowest BCUT2D eigenvalue weighted by molar-refractivity contribution is 0.108. The van der Waals surface area contributed by atoms with E-state index in [-0.39, 0.29) is 0 Å². The first-order valence-corrected chi connectivity index (χ1v) is 5.90. The summed E-state index contributed by atoms with van der Waals surface area (Å²) in [5, 5.41) is -0.428. The van der Waals surface area contributed by atoms with Gasteiger partial charge in [-0.05, 0) is 47.0 Å². The molecule has 0 heterocycles. The molecule has 3 heteroatoms. The Bertz CT molecular complexity index is 502. The molecule has 0 unspecified atom stereocenters. The summed E-state index contributed by atoms with van der Waals surface area (Å²) in [6, 6.07) is 15.2. The molecule has 0 fully saturated rings. The van der Waals surface area contributed by atoms with Gasteiger partial charge in [-0.15, -0.1) is 0 Å². The van der Waals surface area contributed by atoms with Gasteiger partial charge in [-0.1, -0.05) is 40.2 Å². The highest BCUT2D eigenvalue weighted by Crippen LogP contribution is 2.22. The zero-order valence-corrected chi connectivity index (χ0v) is 10.6. The van der Waals surface area contributed by atoms with E-state index in [2.05, 4.69) is 15.9 Å². The third-order valence-corrected chi connectivity index (χ3v) is 3.04.